The van der Waals surface area contributed by atoms with E-state index in [-0.39, 0.29) is 25.5 Å². The molecule has 0 aromatic heterocycles. The maximum Gasteiger partial charge on any atom is 0.338 e. The number of rotatable bonds is 10. The number of fused-ring (bicyclic) bond motifs is 1. The Morgan fingerprint density at radius 1 is 1.18 bits per heavy atom. The van der Waals surface area contributed by atoms with Gasteiger partial charge in [0, 0.05) is 31.0 Å². The van der Waals surface area contributed by atoms with Gasteiger partial charge in [-0.2, -0.15) is 0 Å². The van der Waals surface area contributed by atoms with E-state index in [1.165, 1.54) is 11.8 Å². The number of esters is 1. The number of hydrogen-bond acceptors (Lipinski definition) is 9. The number of methoxy groups -OCH3 is 3. The van der Waals surface area contributed by atoms with Crippen molar-refractivity contribution < 1.29 is 28.5 Å². The largest absolute Gasteiger partial charge is 0.497 e. The average molecular weight is 476 g/mol. The fraction of sp³-hybridized carbons (Fsp3) is 0.435. The van der Waals surface area contributed by atoms with Gasteiger partial charge in [-0.3, -0.25) is 4.79 Å². The number of allylic oxidation sites excluding steroid dienone is 1. The molecule has 178 valence electrons. The van der Waals surface area contributed by atoms with Crippen LogP contribution in [0.1, 0.15) is 31.9 Å². The summed E-state index contributed by atoms with van der Waals surface area (Å²) in [5.74, 6) is 0.565. The van der Waals surface area contributed by atoms with Gasteiger partial charge in [0.15, 0.2) is 5.17 Å². The van der Waals surface area contributed by atoms with E-state index in [1.54, 1.807) is 34.3 Å². The number of carbonyl (C=O) groups excluding carboxylic acids is 2. The minimum Gasteiger partial charge on any atom is -0.497 e. The Morgan fingerprint density at radius 3 is 2.64 bits per heavy atom. The van der Waals surface area contributed by atoms with Crippen LogP contribution >= 0.6 is 11.8 Å². The predicted octanol–water partition coefficient (Wildman–Crippen LogP) is 2.99. The molecule has 1 atom stereocenters. The zero-order valence-electron chi connectivity index (χ0n) is 19.5. The van der Waals surface area contributed by atoms with Crippen LogP contribution in [0.5, 0.6) is 11.5 Å². The SMILES string of the molecule is CCNC(=O)CC1=CSC2=NC(C)=C(C(=O)OCCOC)[C@@H](c3ccc(OC)cc3OC)N12. The first-order chi connectivity index (χ1) is 15.9. The van der Waals surface area contributed by atoms with Crippen molar-refractivity contribution in [2.45, 2.75) is 26.3 Å². The number of carbonyl (C=O) groups is 2. The molecule has 3 rings (SSSR count). The van der Waals surface area contributed by atoms with Gasteiger partial charge in [-0.05, 0) is 31.4 Å². The van der Waals surface area contributed by atoms with E-state index in [0.29, 0.717) is 34.5 Å². The van der Waals surface area contributed by atoms with E-state index >= 15 is 0 Å². The minimum atomic E-state index is -0.593. The highest BCUT2D eigenvalue weighted by molar-refractivity contribution is 8.16. The van der Waals surface area contributed by atoms with Crippen molar-refractivity contribution in [1.82, 2.24) is 10.2 Å². The average Bonchev–Trinajstić information content (AvgIpc) is 3.19. The summed E-state index contributed by atoms with van der Waals surface area (Å²) in [5.41, 5.74) is 2.39. The summed E-state index contributed by atoms with van der Waals surface area (Å²) in [6, 6.07) is 4.83. The molecule has 0 saturated heterocycles. The molecule has 0 fully saturated rings. The van der Waals surface area contributed by atoms with Crippen LogP contribution in [0.2, 0.25) is 0 Å². The van der Waals surface area contributed by atoms with Crippen LogP contribution in [0.25, 0.3) is 0 Å². The van der Waals surface area contributed by atoms with Gasteiger partial charge in [0.2, 0.25) is 5.91 Å². The van der Waals surface area contributed by atoms with Gasteiger partial charge in [-0.25, -0.2) is 9.79 Å². The second-order valence-corrected chi connectivity index (χ2v) is 8.10. The lowest BCUT2D eigenvalue weighted by atomic mass is 9.93. The maximum atomic E-state index is 13.2. The first kappa shape index (κ1) is 24.7. The molecular weight excluding hydrogens is 446 g/mol. The molecule has 0 aliphatic carbocycles. The summed E-state index contributed by atoms with van der Waals surface area (Å²) in [5, 5.41) is 5.40. The molecule has 10 heteroatoms. The molecular formula is C23H29N3O6S. The molecule has 2 aliphatic rings. The molecule has 1 N–H and O–H groups in total. The fourth-order valence-corrected chi connectivity index (χ4v) is 4.65. The number of hydrogen-bond donors (Lipinski definition) is 1. The molecule has 2 heterocycles. The lowest BCUT2D eigenvalue weighted by molar-refractivity contribution is -0.141. The summed E-state index contributed by atoms with van der Waals surface area (Å²) in [6.07, 6.45) is 0.153. The smallest absolute Gasteiger partial charge is 0.338 e. The molecule has 9 nitrogen and oxygen atoms in total. The van der Waals surface area contributed by atoms with Crippen molar-refractivity contribution in [3.63, 3.8) is 0 Å². The Kier molecular flexibility index (Phi) is 8.40. The molecule has 33 heavy (non-hydrogen) atoms. The number of nitrogens with one attached hydrogen (secondary N) is 1. The Bertz CT molecular complexity index is 1000. The van der Waals surface area contributed by atoms with Gasteiger partial charge in [0.1, 0.15) is 18.1 Å². The van der Waals surface area contributed by atoms with Crippen LogP contribution in [0.4, 0.5) is 0 Å². The van der Waals surface area contributed by atoms with Crippen LogP contribution in [0, 0.1) is 0 Å². The van der Waals surface area contributed by atoms with Crippen LogP contribution in [-0.2, 0) is 19.1 Å². The highest BCUT2D eigenvalue weighted by atomic mass is 32.2. The zero-order chi connectivity index (χ0) is 24.0. The Balaban J connectivity index is 2.09. The molecule has 1 aromatic rings. The third-order valence-corrected chi connectivity index (χ3v) is 6.08. The number of benzene rings is 1. The number of nitrogens with zero attached hydrogens (tertiary/aromatic N) is 2. The minimum absolute atomic E-state index is 0.110. The van der Waals surface area contributed by atoms with Crippen molar-refractivity contribution >= 4 is 28.8 Å². The topological polar surface area (TPSA) is 98.7 Å². The Morgan fingerprint density at radius 2 is 1.97 bits per heavy atom. The standard InChI is InChI=1S/C23H29N3O6S/c1-6-24-19(27)11-15-13-33-23-25-14(2)20(22(28)32-10-9-29-3)21(26(15)23)17-8-7-16(30-4)12-18(17)31-5/h7-8,12-13,21H,6,9-11H2,1-5H3,(H,24,27)/t21-/m1/s1. The molecule has 0 radical (unpaired) electrons. The normalized spacial score (nSPS) is 17.2. The van der Waals surface area contributed by atoms with Crippen LogP contribution in [0.3, 0.4) is 0 Å². The van der Waals surface area contributed by atoms with Gasteiger partial charge >= 0.3 is 5.97 Å². The van der Waals surface area contributed by atoms with Crippen LogP contribution < -0.4 is 14.8 Å². The van der Waals surface area contributed by atoms with Gasteiger partial charge < -0.3 is 29.2 Å². The quantitative estimate of drug-likeness (QED) is 0.407. The summed E-state index contributed by atoms with van der Waals surface area (Å²) in [7, 11) is 4.68. The van der Waals surface area contributed by atoms with Gasteiger partial charge in [-0.1, -0.05) is 11.8 Å². The van der Waals surface area contributed by atoms with Gasteiger partial charge in [0.05, 0.1) is 44.6 Å². The molecule has 0 bridgehead atoms. The maximum absolute atomic E-state index is 13.2. The van der Waals surface area contributed by atoms with Crippen molar-refractivity contribution in [1.29, 1.82) is 0 Å². The third kappa shape index (κ3) is 5.33. The number of amidine groups is 1. The molecule has 0 spiro atoms. The van der Waals surface area contributed by atoms with E-state index < -0.39 is 12.0 Å². The summed E-state index contributed by atoms with van der Waals surface area (Å²) < 4.78 is 21.5. The molecule has 1 amide bonds. The monoisotopic (exact) mass is 475 g/mol. The lowest BCUT2D eigenvalue weighted by Gasteiger charge is -2.36. The first-order valence-electron chi connectivity index (χ1n) is 10.5. The number of amides is 1. The van der Waals surface area contributed by atoms with Crippen molar-refractivity contribution in [3.05, 3.63) is 46.1 Å². The van der Waals surface area contributed by atoms with E-state index in [0.717, 1.165) is 11.3 Å². The number of thioether (sulfide) groups is 1. The fourth-order valence-electron chi connectivity index (χ4n) is 3.69. The molecule has 0 saturated carbocycles. The first-order valence-corrected chi connectivity index (χ1v) is 11.4. The zero-order valence-corrected chi connectivity index (χ0v) is 20.3. The van der Waals surface area contributed by atoms with E-state index in [2.05, 4.69) is 10.3 Å². The Labute approximate surface area is 197 Å². The third-order valence-electron chi connectivity index (χ3n) is 5.19. The van der Waals surface area contributed by atoms with Crippen molar-refractivity contribution in [2.75, 3.05) is 41.1 Å². The van der Waals surface area contributed by atoms with E-state index in [4.69, 9.17) is 18.9 Å². The second-order valence-electron chi connectivity index (χ2n) is 7.26. The van der Waals surface area contributed by atoms with Gasteiger partial charge in [-0.15, -0.1) is 0 Å². The molecule has 2 aliphatic heterocycles. The lowest BCUT2D eigenvalue weighted by Crippen LogP contribution is -2.38. The molecule has 1 aromatic carbocycles. The number of ether oxygens (including phenoxy) is 4. The van der Waals surface area contributed by atoms with Crippen LogP contribution in [0.15, 0.2) is 45.6 Å². The second kappa shape index (κ2) is 11.2. The predicted molar refractivity (Wildman–Crippen MR) is 126 cm³/mol. The van der Waals surface area contributed by atoms with Gasteiger partial charge in [0.25, 0.3) is 0 Å². The molecule has 0 unspecified atom stereocenters. The number of aliphatic imine (C=N–C) groups is 1. The summed E-state index contributed by atoms with van der Waals surface area (Å²) in [6.45, 7) is 4.58. The van der Waals surface area contributed by atoms with Crippen molar-refractivity contribution in [3.8, 4) is 11.5 Å². The highest BCUT2D eigenvalue weighted by Crippen LogP contribution is 2.47. The van der Waals surface area contributed by atoms with Crippen LogP contribution in [-0.4, -0.2) is 63.0 Å². The van der Waals surface area contributed by atoms with E-state index in [9.17, 15) is 9.59 Å². The highest BCUT2D eigenvalue weighted by Gasteiger charge is 2.42. The van der Waals surface area contributed by atoms with E-state index in [1.807, 2.05) is 29.4 Å². The summed E-state index contributed by atoms with van der Waals surface area (Å²) >= 11 is 1.42. The summed E-state index contributed by atoms with van der Waals surface area (Å²) in [4.78, 5) is 32.2. The Hall–Kier alpha value is -2.98. The van der Waals surface area contributed by atoms with Crippen molar-refractivity contribution in [2.24, 2.45) is 4.99 Å².